The second-order valence-electron chi connectivity index (χ2n) is 10.4. The largest absolute Gasteiger partial charge is 0.388 e. The Morgan fingerprint density at radius 2 is 1.85 bits per heavy atom. The molecule has 13 atom stereocenters. The van der Waals surface area contributed by atoms with Crippen LogP contribution < -0.4 is 11.1 Å². The number of fused-ring (bicyclic) bond motifs is 1. The minimum absolute atomic E-state index is 0.0168. The van der Waals surface area contributed by atoms with Crippen LogP contribution in [0.3, 0.4) is 0 Å². The highest BCUT2D eigenvalue weighted by Crippen LogP contribution is 2.44. The Hall–Kier alpha value is -0.500. The normalized spacial score (nSPS) is 49.8. The first kappa shape index (κ1) is 26.6. The van der Waals surface area contributed by atoms with Crippen molar-refractivity contribution in [3.05, 3.63) is 0 Å². The Labute approximate surface area is 206 Å². The number of carbonyl (C=O) groups excluding carboxylic acids is 1. The fourth-order valence-electron chi connectivity index (χ4n) is 5.98. The van der Waals surface area contributed by atoms with Crippen molar-refractivity contribution in [2.45, 2.75) is 119 Å². The molecule has 4 fully saturated rings. The van der Waals surface area contributed by atoms with Crippen LogP contribution in [0.1, 0.15) is 52.4 Å². The van der Waals surface area contributed by atoms with Gasteiger partial charge in [0.1, 0.15) is 30.5 Å². The summed E-state index contributed by atoms with van der Waals surface area (Å²) in [6, 6.07) is -1.40. The lowest BCUT2D eigenvalue weighted by atomic mass is 9.69. The Balaban J connectivity index is 1.47. The molecule has 0 aromatic heterocycles. The van der Waals surface area contributed by atoms with Crippen molar-refractivity contribution in [2.75, 3.05) is 6.61 Å². The van der Waals surface area contributed by atoms with Gasteiger partial charge in [0.2, 0.25) is 5.91 Å². The SMILES string of the molecule is CC(=O)NC1C(OC2CCC3C(S)CCCC3C2)OC(C)C(N)C1OC1OCC(O)C(O)C1O. The minimum atomic E-state index is -1.47. The summed E-state index contributed by atoms with van der Waals surface area (Å²) in [5.41, 5.74) is 6.40. The fourth-order valence-corrected chi connectivity index (χ4v) is 6.55. The zero-order valence-electron chi connectivity index (χ0n) is 19.9. The van der Waals surface area contributed by atoms with Gasteiger partial charge in [-0.25, -0.2) is 0 Å². The molecule has 34 heavy (non-hydrogen) atoms. The van der Waals surface area contributed by atoms with Gasteiger partial charge in [-0.05, 0) is 44.4 Å². The van der Waals surface area contributed by atoms with Crippen molar-refractivity contribution in [1.82, 2.24) is 5.32 Å². The number of nitrogens with one attached hydrogen (secondary N) is 1. The van der Waals surface area contributed by atoms with Crippen molar-refractivity contribution in [2.24, 2.45) is 17.6 Å². The molecule has 4 rings (SSSR count). The average molecular weight is 505 g/mol. The van der Waals surface area contributed by atoms with Crippen LogP contribution in [0, 0.1) is 11.8 Å². The molecule has 1 amide bonds. The smallest absolute Gasteiger partial charge is 0.217 e. The van der Waals surface area contributed by atoms with Crippen LogP contribution in [0.4, 0.5) is 0 Å². The minimum Gasteiger partial charge on any atom is -0.388 e. The highest BCUT2D eigenvalue weighted by molar-refractivity contribution is 7.81. The Morgan fingerprint density at radius 1 is 1.09 bits per heavy atom. The zero-order chi connectivity index (χ0) is 24.6. The van der Waals surface area contributed by atoms with Crippen LogP contribution in [-0.2, 0) is 23.7 Å². The van der Waals surface area contributed by atoms with Crippen LogP contribution in [0.5, 0.6) is 0 Å². The predicted molar refractivity (Wildman–Crippen MR) is 125 cm³/mol. The Kier molecular flexibility index (Phi) is 8.80. The van der Waals surface area contributed by atoms with Gasteiger partial charge in [-0.3, -0.25) is 4.79 Å². The third-order valence-electron chi connectivity index (χ3n) is 7.92. The van der Waals surface area contributed by atoms with E-state index in [1.54, 1.807) is 0 Å². The predicted octanol–water partition coefficient (Wildman–Crippen LogP) is -0.329. The van der Waals surface area contributed by atoms with Crippen molar-refractivity contribution < 1.29 is 39.1 Å². The van der Waals surface area contributed by atoms with Gasteiger partial charge in [-0.1, -0.05) is 12.8 Å². The molecule has 2 heterocycles. The number of amides is 1. The third kappa shape index (κ3) is 5.73. The quantitative estimate of drug-likeness (QED) is 0.218. The standard InChI is InChI=1S/C23H40N2O8S/c1-10-17(24)21(33-23-20(29)19(28)15(27)9-30-23)18(25-11(2)26)22(31-10)32-13-6-7-14-12(8-13)4-3-5-16(14)34/h10,12-23,27-29,34H,3-9,24H2,1-2H3,(H,25,26). The van der Waals surface area contributed by atoms with Crippen LogP contribution in [0.15, 0.2) is 0 Å². The van der Waals surface area contributed by atoms with E-state index in [1.165, 1.54) is 26.2 Å². The van der Waals surface area contributed by atoms with E-state index in [0.29, 0.717) is 17.1 Å². The summed E-state index contributed by atoms with van der Waals surface area (Å²) < 4.78 is 24.0. The summed E-state index contributed by atoms with van der Waals surface area (Å²) in [4.78, 5) is 12.1. The van der Waals surface area contributed by atoms with Crippen molar-refractivity contribution >= 4 is 18.5 Å². The molecule has 0 bridgehead atoms. The van der Waals surface area contributed by atoms with Crippen molar-refractivity contribution in [3.63, 3.8) is 0 Å². The molecule has 2 aliphatic heterocycles. The number of thiol groups is 1. The number of hydrogen-bond acceptors (Lipinski definition) is 10. The van der Waals surface area contributed by atoms with Gasteiger partial charge in [0.05, 0.1) is 24.9 Å². The number of hydrogen-bond donors (Lipinski definition) is 6. The van der Waals surface area contributed by atoms with E-state index in [9.17, 15) is 20.1 Å². The summed E-state index contributed by atoms with van der Waals surface area (Å²) in [7, 11) is 0. The zero-order valence-corrected chi connectivity index (χ0v) is 20.8. The number of nitrogens with two attached hydrogens (primary N) is 1. The maximum atomic E-state index is 12.1. The molecule has 2 saturated carbocycles. The fraction of sp³-hybridized carbons (Fsp3) is 0.957. The monoisotopic (exact) mass is 504 g/mol. The molecule has 0 aromatic rings. The first-order valence-electron chi connectivity index (χ1n) is 12.5. The molecular formula is C23H40N2O8S. The van der Waals surface area contributed by atoms with E-state index in [2.05, 4.69) is 5.32 Å². The summed E-state index contributed by atoms with van der Waals surface area (Å²) in [6.45, 7) is 3.00. The maximum Gasteiger partial charge on any atom is 0.217 e. The topological polar surface area (TPSA) is 153 Å². The maximum absolute atomic E-state index is 12.1. The molecule has 4 aliphatic rings. The molecule has 6 N–H and O–H groups in total. The van der Waals surface area contributed by atoms with E-state index in [-0.39, 0.29) is 18.6 Å². The van der Waals surface area contributed by atoms with Gasteiger partial charge >= 0.3 is 0 Å². The first-order chi connectivity index (χ1) is 16.2. The van der Waals surface area contributed by atoms with Gasteiger partial charge in [0.25, 0.3) is 0 Å². The van der Waals surface area contributed by atoms with Gasteiger partial charge in [-0.15, -0.1) is 0 Å². The molecule has 2 saturated heterocycles. The van der Waals surface area contributed by atoms with Crippen LogP contribution in [-0.4, -0.2) is 94.4 Å². The van der Waals surface area contributed by atoms with Gasteiger partial charge < -0.3 is 45.3 Å². The van der Waals surface area contributed by atoms with E-state index >= 15 is 0 Å². The second-order valence-corrected chi connectivity index (χ2v) is 11.0. The molecule has 0 radical (unpaired) electrons. The number of aliphatic hydroxyl groups is 3. The third-order valence-corrected chi connectivity index (χ3v) is 8.56. The lowest BCUT2D eigenvalue weighted by molar-refractivity contribution is -0.316. The highest BCUT2D eigenvalue weighted by atomic mass is 32.1. The van der Waals surface area contributed by atoms with E-state index in [0.717, 1.165) is 19.3 Å². The van der Waals surface area contributed by atoms with E-state index in [1.807, 2.05) is 6.92 Å². The van der Waals surface area contributed by atoms with Crippen LogP contribution in [0.2, 0.25) is 0 Å². The Morgan fingerprint density at radius 3 is 2.59 bits per heavy atom. The molecule has 0 aromatic carbocycles. The molecule has 196 valence electrons. The van der Waals surface area contributed by atoms with E-state index in [4.69, 9.17) is 37.3 Å². The summed E-state index contributed by atoms with van der Waals surface area (Å²) in [5.74, 6) is 0.890. The molecule has 13 unspecified atom stereocenters. The lowest BCUT2D eigenvalue weighted by Gasteiger charge is -2.48. The van der Waals surface area contributed by atoms with Gasteiger partial charge in [0, 0.05) is 12.2 Å². The molecule has 2 aliphatic carbocycles. The molecule has 0 spiro atoms. The van der Waals surface area contributed by atoms with E-state index < -0.39 is 55.2 Å². The number of rotatable bonds is 5. The van der Waals surface area contributed by atoms with Crippen LogP contribution in [0.25, 0.3) is 0 Å². The second kappa shape index (κ2) is 11.3. The van der Waals surface area contributed by atoms with Gasteiger partial charge in [0.15, 0.2) is 12.6 Å². The summed E-state index contributed by atoms with van der Waals surface area (Å²) in [5, 5.41) is 33.4. The molecule has 10 nitrogen and oxygen atoms in total. The van der Waals surface area contributed by atoms with Crippen molar-refractivity contribution in [3.8, 4) is 0 Å². The highest BCUT2D eigenvalue weighted by Gasteiger charge is 2.49. The number of ether oxygens (including phenoxy) is 4. The van der Waals surface area contributed by atoms with Gasteiger partial charge in [-0.2, -0.15) is 12.6 Å². The Bertz CT molecular complexity index is 704. The molecular weight excluding hydrogens is 464 g/mol. The summed E-state index contributed by atoms with van der Waals surface area (Å²) >= 11 is 4.80. The average Bonchev–Trinajstić information content (AvgIpc) is 2.79. The lowest BCUT2D eigenvalue weighted by Crippen LogP contribution is -2.68. The van der Waals surface area contributed by atoms with Crippen LogP contribution >= 0.6 is 12.6 Å². The number of carbonyl (C=O) groups is 1. The molecule has 11 heteroatoms. The number of aliphatic hydroxyl groups excluding tert-OH is 3. The summed E-state index contributed by atoms with van der Waals surface area (Å²) in [6.07, 6.45) is -0.997. The van der Waals surface area contributed by atoms with Crippen molar-refractivity contribution in [1.29, 1.82) is 0 Å². The first-order valence-corrected chi connectivity index (χ1v) is 13.0.